The lowest BCUT2D eigenvalue weighted by atomic mass is 10.1. The first kappa shape index (κ1) is 10.7. The molecular formula is C10H20O. The van der Waals surface area contributed by atoms with Gasteiger partial charge in [-0.3, -0.25) is 0 Å². The SMILES string of the molecule is C/C(=C\CCC(C)C)C(C)O. The van der Waals surface area contributed by atoms with Gasteiger partial charge in [0, 0.05) is 0 Å². The van der Waals surface area contributed by atoms with E-state index in [4.69, 9.17) is 5.11 Å². The molecule has 0 aromatic carbocycles. The highest BCUT2D eigenvalue weighted by atomic mass is 16.3. The van der Waals surface area contributed by atoms with Crippen LogP contribution in [0.3, 0.4) is 0 Å². The molecule has 1 atom stereocenters. The zero-order chi connectivity index (χ0) is 8.85. The fourth-order valence-corrected chi connectivity index (χ4v) is 0.815. The molecule has 0 aromatic heterocycles. The summed E-state index contributed by atoms with van der Waals surface area (Å²) in [4.78, 5) is 0. The van der Waals surface area contributed by atoms with E-state index in [0.717, 1.165) is 17.9 Å². The first-order valence-electron chi connectivity index (χ1n) is 4.38. The van der Waals surface area contributed by atoms with Crippen molar-refractivity contribution in [2.75, 3.05) is 0 Å². The lowest BCUT2D eigenvalue weighted by Crippen LogP contribution is -2.00. The molecule has 1 heteroatoms. The van der Waals surface area contributed by atoms with Crippen LogP contribution < -0.4 is 0 Å². The number of aliphatic hydroxyl groups is 1. The number of aliphatic hydroxyl groups excluding tert-OH is 1. The quantitative estimate of drug-likeness (QED) is 0.620. The third kappa shape index (κ3) is 6.11. The minimum absolute atomic E-state index is 0.276. The molecule has 0 bridgehead atoms. The maximum Gasteiger partial charge on any atom is 0.0719 e. The first-order chi connectivity index (χ1) is 5.04. The van der Waals surface area contributed by atoms with E-state index in [-0.39, 0.29) is 6.10 Å². The molecular weight excluding hydrogens is 136 g/mol. The summed E-state index contributed by atoms with van der Waals surface area (Å²) in [5.41, 5.74) is 1.09. The van der Waals surface area contributed by atoms with Crippen molar-refractivity contribution in [1.29, 1.82) is 0 Å². The van der Waals surface area contributed by atoms with Crippen molar-refractivity contribution in [2.24, 2.45) is 5.92 Å². The van der Waals surface area contributed by atoms with E-state index >= 15 is 0 Å². The number of hydrogen-bond acceptors (Lipinski definition) is 1. The topological polar surface area (TPSA) is 20.2 Å². The Morgan fingerprint density at radius 2 is 1.91 bits per heavy atom. The van der Waals surface area contributed by atoms with Gasteiger partial charge >= 0.3 is 0 Å². The molecule has 66 valence electrons. The van der Waals surface area contributed by atoms with Gasteiger partial charge in [0.25, 0.3) is 0 Å². The molecule has 0 saturated heterocycles. The Labute approximate surface area is 70.1 Å². The molecule has 0 aromatic rings. The van der Waals surface area contributed by atoms with E-state index < -0.39 is 0 Å². The van der Waals surface area contributed by atoms with Crippen molar-refractivity contribution in [3.8, 4) is 0 Å². The Morgan fingerprint density at radius 1 is 1.36 bits per heavy atom. The van der Waals surface area contributed by atoms with Crippen LogP contribution in [0.2, 0.25) is 0 Å². The summed E-state index contributed by atoms with van der Waals surface area (Å²) in [5.74, 6) is 0.757. The van der Waals surface area contributed by atoms with Crippen molar-refractivity contribution in [3.63, 3.8) is 0 Å². The van der Waals surface area contributed by atoms with Gasteiger partial charge in [-0.15, -0.1) is 0 Å². The molecule has 1 unspecified atom stereocenters. The fourth-order valence-electron chi connectivity index (χ4n) is 0.815. The maximum absolute atomic E-state index is 9.12. The molecule has 0 heterocycles. The van der Waals surface area contributed by atoms with Crippen LogP contribution in [-0.4, -0.2) is 11.2 Å². The van der Waals surface area contributed by atoms with Gasteiger partial charge < -0.3 is 5.11 Å². The van der Waals surface area contributed by atoms with Crippen molar-refractivity contribution in [1.82, 2.24) is 0 Å². The lowest BCUT2D eigenvalue weighted by molar-refractivity contribution is 0.231. The largest absolute Gasteiger partial charge is 0.389 e. The number of rotatable bonds is 4. The van der Waals surface area contributed by atoms with Gasteiger partial charge in [0.2, 0.25) is 0 Å². The van der Waals surface area contributed by atoms with Gasteiger partial charge in [-0.1, -0.05) is 19.9 Å². The molecule has 0 spiro atoms. The van der Waals surface area contributed by atoms with Crippen molar-refractivity contribution in [3.05, 3.63) is 11.6 Å². The summed E-state index contributed by atoms with van der Waals surface area (Å²) in [6.45, 7) is 8.21. The summed E-state index contributed by atoms with van der Waals surface area (Å²) in [5, 5.41) is 9.12. The second kappa shape index (κ2) is 5.36. The first-order valence-corrected chi connectivity index (χ1v) is 4.38. The van der Waals surface area contributed by atoms with Crippen LogP contribution in [0.5, 0.6) is 0 Å². The van der Waals surface area contributed by atoms with Gasteiger partial charge in [-0.25, -0.2) is 0 Å². The fraction of sp³-hybridized carbons (Fsp3) is 0.800. The van der Waals surface area contributed by atoms with Crippen LogP contribution in [0, 0.1) is 5.92 Å². The van der Waals surface area contributed by atoms with E-state index in [1.807, 2.05) is 6.92 Å². The van der Waals surface area contributed by atoms with E-state index in [9.17, 15) is 0 Å². The predicted octanol–water partition coefficient (Wildman–Crippen LogP) is 2.75. The molecule has 0 rings (SSSR count). The van der Waals surface area contributed by atoms with Crippen LogP contribution in [0.1, 0.15) is 40.5 Å². The molecule has 0 aliphatic carbocycles. The lowest BCUT2D eigenvalue weighted by Gasteiger charge is -2.05. The molecule has 11 heavy (non-hydrogen) atoms. The van der Waals surface area contributed by atoms with Crippen LogP contribution in [0.4, 0.5) is 0 Å². The Hall–Kier alpha value is -0.300. The van der Waals surface area contributed by atoms with E-state index in [1.165, 1.54) is 6.42 Å². The molecule has 0 aliphatic heterocycles. The molecule has 0 aliphatic rings. The summed E-state index contributed by atoms with van der Waals surface area (Å²) in [6, 6.07) is 0. The molecule has 0 amide bonds. The third-order valence-corrected chi connectivity index (χ3v) is 1.87. The second-order valence-electron chi connectivity index (χ2n) is 3.60. The van der Waals surface area contributed by atoms with Gasteiger partial charge in [0.05, 0.1) is 6.10 Å². The Kier molecular flexibility index (Phi) is 5.22. The molecule has 0 radical (unpaired) electrons. The Morgan fingerprint density at radius 3 is 2.27 bits per heavy atom. The van der Waals surface area contributed by atoms with Gasteiger partial charge in [0.15, 0.2) is 0 Å². The zero-order valence-corrected chi connectivity index (χ0v) is 8.09. The van der Waals surface area contributed by atoms with Crippen molar-refractivity contribution < 1.29 is 5.11 Å². The number of allylic oxidation sites excluding steroid dienone is 1. The zero-order valence-electron chi connectivity index (χ0n) is 8.09. The van der Waals surface area contributed by atoms with E-state index in [1.54, 1.807) is 6.92 Å². The predicted molar refractivity (Wildman–Crippen MR) is 49.5 cm³/mol. The summed E-state index contributed by atoms with van der Waals surface area (Å²) < 4.78 is 0. The maximum atomic E-state index is 9.12. The highest BCUT2D eigenvalue weighted by Crippen LogP contribution is 2.08. The molecule has 0 fully saturated rings. The van der Waals surface area contributed by atoms with Gasteiger partial charge in [0.1, 0.15) is 0 Å². The summed E-state index contributed by atoms with van der Waals surface area (Å²) >= 11 is 0. The highest BCUT2D eigenvalue weighted by molar-refractivity contribution is 5.02. The Bertz CT molecular complexity index is 123. The standard InChI is InChI=1S/C10H20O/c1-8(2)6-5-7-9(3)10(4)11/h7-8,10-11H,5-6H2,1-4H3/b9-7+. The average Bonchev–Trinajstić information content (AvgIpc) is 1.86. The summed E-state index contributed by atoms with van der Waals surface area (Å²) in [6.07, 6.45) is 4.16. The van der Waals surface area contributed by atoms with Gasteiger partial charge in [-0.2, -0.15) is 0 Å². The van der Waals surface area contributed by atoms with E-state index in [2.05, 4.69) is 19.9 Å². The third-order valence-electron chi connectivity index (χ3n) is 1.87. The molecule has 0 saturated carbocycles. The summed E-state index contributed by atoms with van der Waals surface area (Å²) in [7, 11) is 0. The highest BCUT2D eigenvalue weighted by Gasteiger charge is 1.97. The van der Waals surface area contributed by atoms with Crippen LogP contribution in [0.25, 0.3) is 0 Å². The number of hydrogen-bond donors (Lipinski definition) is 1. The smallest absolute Gasteiger partial charge is 0.0719 e. The van der Waals surface area contributed by atoms with Crippen LogP contribution in [0.15, 0.2) is 11.6 Å². The van der Waals surface area contributed by atoms with Crippen molar-refractivity contribution in [2.45, 2.75) is 46.6 Å². The minimum atomic E-state index is -0.276. The monoisotopic (exact) mass is 156 g/mol. The van der Waals surface area contributed by atoms with Gasteiger partial charge in [-0.05, 0) is 38.2 Å². The van der Waals surface area contributed by atoms with Crippen LogP contribution in [-0.2, 0) is 0 Å². The minimum Gasteiger partial charge on any atom is -0.389 e. The Balaban J connectivity index is 3.57. The normalized spacial score (nSPS) is 15.6. The average molecular weight is 156 g/mol. The van der Waals surface area contributed by atoms with Crippen LogP contribution >= 0.6 is 0 Å². The van der Waals surface area contributed by atoms with E-state index in [0.29, 0.717) is 0 Å². The molecule has 1 nitrogen and oxygen atoms in total. The molecule has 1 N–H and O–H groups in total. The van der Waals surface area contributed by atoms with Crippen molar-refractivity contribution >= 4 is 0 Å². The second-order valence-corrected chi connectivity index (χ2v) is 3.60.